The van der Waals surface area contributed by atoms with Crippen molar-refractivity contribution >= 4 is 27.6 Å². The standard InChI is InChI=1S/C14H18BrNO2/c1-10(2)8-11(14(17)18-3)9-16-13-6-4-12(15)5-7-13/h4-7,9-10,16H,8H2,1-3H3/b11-9+. The van der Waals surface area contributed by atoms with Crippen molar-refractivity contribution in [2.75, 3.05) is 12.4 Å². The van der Waals surface area contributed by atoms with Gasteiger partial charge in [-0.25, -0.2) is 4.79 Å². The molecule has 0 aliphatic rings. The van der Waals surface area contributed by atoms with Crippen molar-refractivity contribution in [1.29, 1.82) is 0 Å². The van der Waals surface area contributed by atoms with Crippen molar-refractivity contribution in [3.05, 3.63) is 40.5 Å². The fourth-order valence-electron chi connectivity index (χ4n) is 1.49. The van der Waals surface area contributed by atoms with Gasteiger partial charge in [0.2, 0.25) is 0 Å². The number of anilines is 1. The highest BCUT2D eigenvalue weighted by Gasteiger charge is 2.11. The second-order valence-electron chi connectivity index (χ2n) is 4.41. The minimum atomic E-state index is -0.284. The maximum atomic E-state index is 11.6. The van der Waals surface area contributed by atoms with Crippen molar-refractivity contribution in [3.63, 3.8) is 0 Å². The lowest BCUT2D eigenvalue weighted by Gasteiger charge is -2.09. The lowest BCUT2D eigenvalue weighted by molar-refractivity contribution is -0.136. The van der Waals surface area contributed by atoms with Gasteiger partial charge in [-0.05, 0) is 36.6 Å². The number of hydrogen-bond donors (Lipinski definition) is 1. The Hall–Kier alpha value is -1.29. The van der Waals surface area contributed by atoms with Crippen LogP contribution in [0.2, 0.25) is 0 Å². The molecular weight excluding hydrogens is 294 g/mol. The molecular formula is C14H18BrNO2. The Morgan fingerprint density at radius 1 is 1.39 bits per heavy atom. The molecule has 0 fully saturated rings. The highest BCUT2D eigenvalue weighted by Crippen LogP contribution is 2.16. The first-order valence-corrected chi connectivity index (χ1v) is 6.61. The Balaban J connectivity index is 2.76. The second-order valence-corrected chi connectivity index (χ2v) is 5.33. The lowest BCUT2D eigenvalue weighted by atomic mass is 10.0. The Morgan fingerprint density at radius 3 is 2.50 bits per heavy atom. The van der Waals surface area contributed by atoms with Gasteiger partial charge in [-0.15, -0.1) is 0 Å². The molecule has 0 aliphatic heterocycles. The van der Waals surface area contributed by atoms with E-state index in [2.05, 4.69) is 35.1 Å². The average Bonchev–Trinajstić information content (AvgIpc) is 2.35. The van der Waals surface area contributed by atoms with Crippen molar-refractivity contribution in [2.45, 2.75) is 20.3 Å². The smallest absolute Gasteiger partial charge is 0.335 e. The molecule has 4 heteroatoms. The van der Waals surface area contributed by atoms with Crippen LogP contribution in [0.5, 0.6) is 0 Å². The number of esters is 1. The van der Waals surface area contributed by atoms with Crippen LogP contribution in [-0.4, -0.2) is 13.1 Å². The molecule has 18 heavy (non-hydrogen) atoms. The van der Waals surface area contributed by atoms with E-state index in [0.29, 0.717) is 17.9 Å². The van der Waals surface area contributed by atoms with Gasteiger partial charge in [0, 0.05) is 16.4 Å². The molecule has 1 N–H and O–H groups in total. The zero-order valence-electron chi connectivity index (χ0n) is 10.9. The van der Waals surface area contributed by atoms with Gasteiger partial charge in [-0.3, -0.25) is 0 Å². The molecule has 0 heterocycles. The van der Waals surface area contributed by atoms with Gasteiger partial charge in [-0.2, -0.15) is 0 Å². The molecule has 1 rings (SSSR count). The SMILES string of the molecule is COC(=O)/C(=C/Nc1ccc(Br)cc1)CC(C)C. The molecule has 0 radical (unpaired) electrons. The van der Waals surface area contributed by atoms with Crippen LogP contribution in [-0.2, 0) is 9.53 Å². The number of halogens is 1. The summed E-state index contributed by atoms with van der Waals surface area (Å²) in [6.07, 6.45) is 2.41. The Kier molecular flexibility index (Phi) is 5.92. The van der Waals surface area contributed by atoms with Crippen LogP contribution in [0.1, 0.15) is 20.3 Å². The molecule has 98 valence electrons. The normalized spacial score (nSPS) is 11.5. The van der Waals surface area contributed by atoms with Crippen LogP contribution in [0.25, 0.3) is 0 Å². The van der Waals surface area contributed by atoms with Gasteiger partial charge in [0.05, 0.1) is 12.7 Å². The molecule has 1 aromatic carbocycles. The molecule has 0 unspecified atom stereocenters. The lowest BCUT2D eigenvalue weighted by Crippen LogP contribution is -2.09. The predicted octanol–water partition coefficient (Wildman–Crippen LogP) is 3.96. The maximum Gasteiger partial charge on any atom is 0.335 e. The van der Waals surface area contributed by atoms with E-state index in [-0.39, 0.29) is 5.97 Å². The molecule has 0 atom stereocenters. The van der Waals surface area contributed by atoms with E-state index < -0.39 is 0 Å². The summed E-state index contributed by atoms with van der Waals surface area (Å²) in [7, 11) is 1.40. The molecule has 0 amide bonds. The zero-order chi connectivity index (χ0) is 13.5. The van der Waals surface area contributed by atoms with Gasteiger partial charge < -0.3 is 10.1 Å². The van der Waals surface area contributed by atoms with Crippen LogP contribution < -0.4 is 5.32 Å². The summed E-state index contributed by atoms with van der Waals surface area (Å²) in [4.78, 5) is 11.6. The van der Waals surface area contributed by atoms with Crippen LogP contribution in [0, 0.1) is 5.92 Å². The number of nitrogens with one attached hydrogen (secondary N) is 1. The first kappa shape index (κ1) is 14.8. The molecule has 0 spiro atoms. The number of carbonyl (C=O) groups excluding carboxylic acids is 1. The van der Waals surface area contributed by atoms with E-state index in [1.165, 1.54) is 7.11 Å². The summed E-state index contributed by atoms with van der Waals surface area (Å²) in [6.45, 7) is 4.13. The van der Waals surface area contributed by atoms with E-state index in [1.54, 1.807) is 6.20 Å². The third-order valence-electron chi connectivity index (χ3n) is 2.33. The summed E-state index contributed by atoms with van der Waals surface area (Å²) >= 11 is 3.38. The topological polar surface area (TPSA) is 38.3 Å². The minimum Gasteiger partial charge on any atom is -0.466 e. The van der Waals surface area contributed by atoms with Gasteiger partial charge in [0.1, 0.15) is 0 Å². The number of ether oxygens (including phenoxy) is 1. The van der Waals surface area contributed by atoms with Crippen LogP contribution in [0.4, 0.5) is 5.69 Å². The van der Waals surface area contributed by atoms with E-state index in [9.17, 15) is 4.79 Å². The van der Waals surface area contributed by atoms with E-state index >= 15 is 0 Å². The van der Waals surface area contributed by atoms with Crippen molar-refractivity contribution in [2.24, 2.45) is 5.92 Å². The number of methoxy groups -OCH3 is 1. The van der Waals surface area contributed by atoms with Crippen LogP contribution in [0.3, 0.4) is 0 Å². The Labute approximate surface area is 116 Å². The number of carbonyl (C=O) groups is 1. The largest absolute Gasteiger partial charge is 0.466 e. The third kappa shape index (κ3) is 4.92. The van der Waals surface area contributed by atoms with Crippen molar-refractivity contribution < 1.29 is 9.53 Å². The van der Waals surface area contributed by atoms with Gasteiger partial charge in [-0.1, -0.05) is 29.8 Å². The Morgan fingerprint density at radius 2 is 2.00 bits per heavy atom. The zero-order valence-corrected chi connectivity index (χ0v) is 12.5. The summed E-state index contributed by atoms with van der Waals surface area (Å²) < 4.78 is 5.79. The van der Waals surface area contributed by atoms with E-state index in [0.717, 1.165) is 10.2 Å². The fraction of sp³-hybridized carbons (Fsp3) is 0.357. The Bertz CT molecular complexity index is 424. The van der Waals surface area contributed by atoms with Crippen molar-refractivity contribution in [3.8, 4) is 0 Å². The molecule has 0 saturated carbocycles. The van der Waals surface area contributed by atoms with Crippen LogP contribution in [0.15, 0.2) is 40.5 Å². The molecule has 0 saturated heterocycles. The van der Waals surface area contributed by atoms with Crippen LogP contribution >= 0.6 is 15.9 Å². The van der Waals surface area contributed by atoms with E-state index in [4.69, 9.17) is 4.74 Å². The predicted molar refractivity (Wildman–Crippen MR) is 77.3 cm³/mol. The second kappa shape index (κ2) is 7.21. The molecule has 0 aliphatic carbocycles. The third-order valence-corrected chi connectivity index (χ3v) is 2.86. The number of benzene rings is 1. The van der Waals surface area contributed by atoms with E-state index in [1.807, 2.05) is 24.3 Å². The molecule has 0 bridgehead atoms. The summed E-state index contributed by atoms with van der Waals surface area (Å²) in [5.74, 6) is 0.121. The molecule has 1 aromatic rings. The maximum absolute atomic E-state index is 11.6. The first-order chi connectivity index (χ1) is 8.52. The van der Waals surface area contributed by atoms with Gasteiger partial charge in [0.15, 0.2) is 0 Å². The number of hydrogen-bond acceptors (Lipinski definition) is 3. The first-order valence-electron chi connectivity index (χ1n) is 5.82. The molecule has 3 nitrogen and oxygen atoms in total. The monoisotopic (exact) mass is 311 g/mol. The number of rotatable bonds is 5. The highest BCUT2D eigenvalue weighted by molar-refractivity contribution is 9.10. The minimum absolute atomic E-state index is 0.284. The van der Waals surface area contributed by atoms with Gasteiger partial charge >= 0.3 is 5.97 Å². The quantitative estimate of drug-likeness (QED) is 0.660. The summed E-state index contributed by atoms with van der Waals surface area (Å²) in [5, 5.41) is 3.11. The van der Waals surface area contributed by atoms with Crippen molar-refractivity contribution in [1.82, 2.24) is 0 Å². The summed E-state index contributed by atoms with van der Waals surface area (Å²) in [6, 6.07) is 7.75. The highest BCUT2D eigenvalue weighted by atomic mass is 79.9. The van der Waals surface area contributed by atoms with Gasteiger partial charge in [0.25, 0.3) is 0 Å². The fourth-order valence-corrected chi connectivity index (χ4v) is 1.75. The summed E-state index contributed by atoms with van der Waals surface area (Å²) in [5.41, 5.74) is 1.58. The average molecular weight is 312 g/mol. The molecule has 0 aromatic heterocycles.